The van der Waals surface area contributed by atoms with Gasteiger partial charge in [-0.05, 0) is 19.1 Å². The van der Waals surface area contributed by atoms with Crippen molar-refractivity contribution in [2.24, 2.45) is 0 Å². The van der Waals surface area contributed by atoms with Crippen LogP contribution in [0, 0.1) is 11.3 Å². The van der Waals surface area contributed by atoms with Gasteiger partial charge in [-0.25, -0.2) is 0 Å². The lowest BCUT2D eigenvalue weighted by Gasteiger charge is -2.17. The van der Waals surface area contributed by atoms with Gasteiger partial charge in [-0.3, -0.25) is 4.79 Å². The first-order valence-electron chi connectivity index (χ1n) is 3.98. The second kappa shape index (κ2) is 4.45. The van der Waals surface area contributed by atoms with Gasteiger partial charge in [0.05, 0.1) is 15.3 Å². The standard InChI is InChI=1S/C9H9ClN2OS/c1-6(5-11)12(2)9(13)7-3-4-8(10)14-7/h3-4,6H,1-2H3. The zero-order valence-electron chi connectivity index (χ0n) is 7.82. The molecule has 0 N–H and O–H groups in total. The van der Waals surface area contributed by atoms with E-state index in [1.54, 1.807) is 26.1 Å². The maximum Gasteiger partial charge on any atom is 0.264 e. The molecule has 1 rings (SSSR count). The summed E-state index contributed by atoms with van der Waals surface area (Å²) in [6.45, 7) is 1.67. The van der Waals surface area contributed by atoms with E-state index in [0.717, 1.165) is 0 Å². The minimum atomic E-state index is -0.427. The van der Waals surface area contributed by atoms with E-state index in [1.807, 2.05) is 6.07 Å². The highest BCUT2D eigenvalue weighted by Crippen LogP contribution is 2.22. The van der Waals surface area contributed by atoms with Gasteiger partial charge in [-0.15, -0.1) is 11.3 Å². The fourth-order valence-corrected chi connectivity index (χ4v) is 1.89. The van der Waals surface area contributed by atoms with Gasteiger partial charge < -0.3 is 4.90 Å². The van der Waals surface area contributed by atoms with Crippen molar-refractivity contribution in [1.82, 2.24) is 4.90 Å². The molecule has 0 aromatic carbocycles. The number of halogens is 1. The molecule has 3 nitrogen and oxygen atoms in total. The molecule has 74 valence electrons. The van der Waals surface area contributed by atoms with Gasteiger partial charge in [0.2, 0.25) is 0 Å². The van der Waals surface area contributed by atoms with Crippen molar-refractivity contribution in [3.05, 3.63) is 21.3 Å². The van der Waals surface area contributed by atoms with Crippen molar-refractivity contribution in [3.63, 3.8) is 0 Å². The first-order valence-corrected chi connectivity index (χ1v) is 5.18. The van der Waals surface area contributed by atoms with E-state index >= 15 is 0 Å². The van der Waals surface area contributed by atoms with E-state index in [4.69, 9.17) is 16.9 Å². The van der Waals surface area contributed by atoms with E-state index in [9.17, 15) is 4.79 Å². The molecule has 0 saturated heterocycles. The number of hydrogen-bond acceptors (Lipinski definition) is 3. The molecule has 1 aromatic rings. The van der Waals surface area contributed by atoms with Crippen LogP contribution in [0.4, 0.5) is 0 Å². The third-order valence-corrected chi connectivity index (χ3v) is 3.09. The molecule has 1 aromatic heterocycles. The van der Waals surface area contributed by atoms with Gasteiger partial charge in [0.25, 0.3) is 5.91 Å². The molecule has 0 radical (unpaired) electrons. The van der Waals surface area contributed by atoms with Crippen LogP contribution in [0.15, 0.2) is 12.1 Å². The molecule has 0 fully saturated rings. The van der Waals surface area contributed by atoms with Crippen molar-refractivity contribution < 1.29 is 4.79 Å². The van der Waals surface area contributed by atoms with Gasteiger partial charge in [-0.1, -0.05) is 11.6 Å². The smallest absolute Gasteiger partial charge is 0.264 e. The minimum absolute atomic E-state index is 0.170. The van der Waals surface area contributed by atoms with Crippen molar-refractivity contribution in [1.29, 1.82) is 5.26 Å². The number of nitriles is 1. The summed E-state index contributed by atoms with van der Waals surface area (Å²) in [6.07, 6.45) is 0. The summed E-state index contributed by atoms with van der Waals surface area (Å²) in [4.78, 5) is 13.6. The Bertz CT molecular complexity index is 382. The summed E-state index contributed by atoms with van der Waals surface area (Å²) >= 11 is 6.92. The van der Waals surface area contributed by atoms with Crippen molar-refractivity contribution in [3.8, 4) is 6.07 Å². The first kappa shape index (κ1) is 11.0. The normalized spacial score (nSPS) is 11.9. The Morgan fingerprint density at radius 3 is 2.79 bits per heavy atom. The molecule has 0 aliphatic carbocycles. The largest absolute Gasteiger partial charge is 0.325 e. The molecule has 0 spiro atoms. The molecule has 14 heavy (non-hydrogen) atoms. The summed E-state index contributed by atoms with van der Waals surface area (Å²) < 4.78 is 0.575. The molecule has 0 saturated carbocycles. The Morgan fingerprint density at radius 1 is 1.71 bits per heavy atom. The van der Waals surface area contributed by atoms with Crippen LogP contribution in [0.2, 0.25) is 4.34 Å². The summed E-state index contributed by atoms with van der Waals surface area (Å²) in [5.74, 6) is -0.170. The predicted octanol–water partition coefficient (Wildman–Crippen LogP) is 2.39. The van der Waals surface area contributed by atoms with E-state index in [-0.39, 0.29) is 5.91 Å². The molecule has 5 heteroatoms. The Morgan fingerprint density at radius 2 is 2.36 bits per heavy atom. The summed E-state index contributed by atoms with van der Waals surface area (Å²) in [6, 6.07) is 4.91. The van der Waals surface area contributed by atoms with Crippen LogP contribution >= 0.6 is 22.9 Å². The third-order valence-electron chi connectivity index (χ3n) is 1.87. The highest BCUT2D eigenvalue weighted by Gasteiger charge is 2.18. The van der Waals surface area contributed by atoms with Crippen molar-refractivity contribution in [2.75, 3.05) is 7.05 Å². The zero-order valence-corrected chi connectivity index (χ0v) is 9.39. The van der Waals surface area contributed by atoms with E-state index < -0.39 is 6.04 Å². The minimum Gasteiger partial charge on any atom is -0.325 e. The van der Waals surface area contributed by atoms with Crippen molar-refractivity contribution in [2.45, 2.75) is 13.0 Å². The van der Waals surface area contributed by atoms with Crippen LogP contribution in [-0.2, 0) is 0 Å². The molecule has 1 unspecified atom stereocenters. The van der Waals surface area contributed by atoms with Gasteiger partial charge in [0.15, 0.2) is 0 Å². The molecule has 0 aliphatic heterocycles. The van der Waals surface area contributed by atoms with Gasteiger partial charge in [-0.2, -0.15) is 5.26 Å². The van der Waals surface area contributed by atoms with Crippen LogP contribution in [0.3, 0.4) is 0 Å². The molecule has 1 amide bonds. The van der Waals surface area contributed by atoms with E-state index in [0.29, 0.717) is 9.21 Å². The van der Waals surface area contributed by atoms with E-state index in [1.165, 1.54) is 16.2 Å². The molecule has 0 bridgehead atoms. The van der Waals surface area contributed by atoms with Crippen LogP contribution in [0.5, 0.6) is 0 Å². The topological polar surface area (TPSA) is 44.1 Å². The van der Waals surface area contributed by atoms with Crippen LogP contribution in [-0.4, -0.2) is 23.9 Å². The monoisotopic (exact) mass is 228 g/mol. The Balaban J connectivity index is 2.81. The number of amides is 1. The quantitative estimate of drug-likeness (QED) is 0.780. The van der Waals surface area contributed by atoms with Gasteiger partial charge in [0.1, 0.15) is 6.04 Å². The average molecular weight is 229 g/mol. The number of carbonyl (C=O) groups excluding carboxylic acids is 1. The average Bonchev–Trinajstić information content (AvgIpc) is 2.61. The Labute approximate surface area is 91.5 Å². The fraction of sp³-hybridized carbons (Fsp3) is 0.333. The maximum absolute atomic E-state index is 11.7. The number of thiophene rings is 1. The fourth-order valence-electron chi connectivity index (χ4n) is 0.866. The molecule has 0 aliphatic rings. The second-order valence-electron chi connectivity index (χ2n) is 2.82. The molecule has 1 heterocycles. The number of hydrogen-bond donors (Lipinski definition) is 0. The number of nitrogens with zero attached hydrogens (tertiary/aromatic N) is 2. The summed E-state index contributed by atoms with van der Waals surface area (Å²) in [7, 11) is 1.60. The van der Waals surface area contributed by atoms with Gasteiger partial charge in [0, 0.05) is 7.05 Å². The lowest BCUT2D eigenvalue weighted by atomic mass is 10.3. The lowest BCUT2D eigenvalue weighted by Crippen LogP contribution is -2.33. The second-order valence-corrected chi connectivity index (χ2v) is 4.54. The van der Waals surface area contributed by atoms with E-state index in [2.05, 4.69) is 0 Å². The molecular weight excluding hydrogens is 220 g/mol. The Kier molecular flexibility index (Phi) is 3.50. The van der Waals surface area contributed by atoms with Gasteiger partial charge >= 0.3 is 0 Å². The highest BCUT2D eigenvalue weighted by molar-refractivity contribution is 7.17. The number of carbonyl (C=O) groups is 1. The molecular formula is C9H9ClN2OS. The van der Waals surface area contributed by atoms with Crippen molar-refractivity contribution >= 4 is 28.8 Å². The zero-order chi connectivity index (χ0) is 10.7. The SMILES string of the molecule is CC(C#N)N(C)C(=O)c1ccc(Cl)s1. The summed E-state index contributed by atoms with van der Waals surface area (Å²) in [5.41, 5.74) is 0. The number of rotatable bonds is 2. The molecule has 1 atom stereocenters. The first-order chi connectivity index (χ1) is 6.56. The van der Waals surface area contributed by atoms with Crippen LogP contribution < -0.4 is 0 Å². The Hall–Kier alpha value is -1.05. The summed E-state index contributed by atoms with van der Waals surface area (Å²) in [5, 5.41) is 8.64. The van der Waals surface area contributed by atoms with Crippen LogP contribution in [0.25, 0.3) is 0 Å². The lowest BCUT2D eigenvalue weighted by molar-refractivity contribution is 0.0778. The predicted molar refractivity (Wildman–Crippen MR) is 56.5 cm³/mol. The van der Waals surface area contributed by atoms with Crippen LogP contribution in [0.1, 0.15) is 16.6 Å². The maximum atomic E-state index is 11.7. The third kappa shape index (κ3) is 2.25. The highest BCUT2D eigenvalue weighted by atomic mass is 35.5.